The number of nitrogens with zero attached hydrogens (tertiary/aromatic N) is 2. The van der Waals surface area contributed by atoms with Crippen LogP contribution in [-0.4, -0.2) is 15.6 Å². The Morgan fingerprint density at radius 2 is 2.43 bits per heavy atom. The van der Waals surface area contributed by atoms with E-state index in [1.54, 1.807) is 6.20 Å². The molecule has 1 heterocycles. The lowest BCUT2D eigenvalue weighted by molar-refractivity contribution is 0.0275. The Morgan fingerprint density at radius 3 is 3.00 bits per heavy atom. The largest absolute Gasteiger partial charge is 0.332 e. The van der Waals surface area contributed by atoms with Gasteiger partial charge in [-0.2, -0.15) is 0 Å². The van der Waals surface area contributed by atoms with Crippen molar-refractivity contribution in [1.29, 1.82) is 0 Å². The maximum atomic E-state index is 14.1. The molecule has 4 heteroatoms. The fourth-order valence-electron chi connectivity index (χ4n) is 2.08. The van der Waals surface area contributed by atoms with Gasteiger partial charge in [0.15, 0.2) is 5.67 Å². The molecule has 0 bridgehead atoms. The Labute approximate surface area is 83.1 Å². The highest BCUT2D eigenvalue weighted by atomic mass is 19.1. The Morgan fingerprint density at radius 1 is 1.71 bits per heavy atom. The zero-order chi connectivity index (χ0) is 10.2. The quantitative estimate of drug-likeness (QED) is 0.799. The lowest BCUT2D eigenvalue weighted by atomic mass is 9.77. The molecule has 1 aliphatic rings. The summed E-state index contributed by atoms with van der Waals surface area (Å²) >= 11 is 0. The van der Waals surface area contributed by atoms with Crippen molar-refractivity contribution >= 4 is 0 Å². The maximum absolute atomic E-state index is 14.1. The van der Waals surface area contributed by atoms with Gasteiger partial charge in [0.1, 0.15) is 5.82 Å². The minimum Gasteiger partial charge on any atom is -0.332 e. The van der Waals surface area contributed by atoms with Crippen molar-refractivity contribution in [1.82, 2.24) is 9.55 Å². The van der Waals surface area contributed by atoms with Crippen molar-refractivity contribution in [2.45, 2.75) is 44.4 Å². The summed E-state index contributed by atoms with van der Waals surface area (Å²) in [6, 6.07) is 0.00627. The van der Waals surface area contributed by atoms with Crippen LogP contribution in [0.25, 0.3) is 0 Å². The summed E-state index contributed by atoms with van der Waals surface area (Å²) < 4.78 is 16.0. The number of aryl methyl sites for hydroxylation is 1. The van der Waals surface area contributed by atoms with Gasteiger partial charge in [0, 0.05) is 37.8 Å². The first kappa shape index (κ1) is 9.65. The Kier molecular flexibility index (Phi) is 2.31. The molecular weight excluding hydrogens is 181 g/mol. The van der Waals surface area contributed by atoms with Gasteiger partial charge >= 0.3 is 0 Å². The molecule has 1 aromatic rings. The molecule has 0 radical (unpaired) electrons. The van der Waals surface area contributed by atoms with Gasteiger partial charge in [-0.15, -0.1) is 0 Å². The Balaban J connectivity index is 2.19. The summed E-state index contributed by atoms with van der Waals surface area (Å²) in [6.07, 6.45) is 5.31. The third-order valence-corrected chi connectivity index (χ3v) is 2.75. The highest BCUT2D eigenvalue weighted by Crippen LogP contribution is 2.43. The topological polar surface area (TPSA) is 43.8 Å². The van der Waals surface area contributed by atoms with Crippen molar-refractivity contribution in [3.63, 3.8) is 0 Å². The smallest absolute Gasteiger partial charge is 0.171 e. The van der Waals surface area contributed by atoms with Crippen LogP contribution in [0.15, 0.2) is 12.4 Å². The summed E-state index contributed by atoms with van der Waals surface area (Å²) in [5.41, 5.74) is 4.34. The highest BCUT2D eigenvalue weighted by molar-refractivity contribution is 5.13. The van der Waals surface area contributed by atoms with Crippen LogP contribution in [0, 0.1) is 0 Å². The molecule has 0 aromatic carbocycles. The molecule has 2 N–H and O–H groups in total. The predicted octanol–water partition coefficient (Wildman–Crippen LogP) is 1.58. The molecular formula is C10H16FN3. The average molecular weight is 197 g/mol. The number of imidazole rings is 1. The van der Waals surface area contributed by atoms with Gasteiger partial charge in [-0.25, -0.2) is 9.37 Å². The second-order valence-electron chi connectivity index (χ2n) is 4.08. The fourth-order valence-corrected chi connectivity index (χ4v) is 2.08. The Hall–Kier alpha value is -0.900. The van der Waals surface area contributed by atoms with Gasteiger partial charge in [-0.1, -0.05) is 6.92 Å². The number of alkyl halides is 1. The molecule has 14 heavy (non-hydrogen) atoms. The van der Waals surface area contributed by atoms with Crippen molar-refractivity contribution in [3.8, 4) is 0 Å². The second kappa shape index (κ2) is 3.35. The first-order chi connectivity index (χ1) is 6.65. The number of halogens is 1. The van der Waals surface area contributed by atoms with Gasteiger partial charge in [-0.3, -0.25) is 0 Å². The van der Waals surface area contributed by atoms with E-state index in [0.29, 0.717) is 18.7 Å². The molecule has 1 aliphatic carbocycles. The van der Waals surface area contributed by atoms with Gasteiger partial charge in [0.05, 0.1) is 0 Å². The Bertz CT molecular complexity index is 315. The minimum absolute atomic E-state index is 0.00627. The highest BCUT2D eigenvalue weighted by Gasteiger charge is 2.47. The van der Waals surface area contributed by atoms with Crippen LogP contribution < -0.4 is 5.73 Å². The number of hydrogen-bond donors (Lipinski definition) is 1. The summed E-state index contributed by atoms with van der Waals surface area (Å²) in [5.74, 6) is 0.557. The molecule has 0 aliphatic heterocycles. The summed E-state index contributed by atoms with van der Waals surface area (Å²) in [7, 11) is 0. The second-order valence-corrected chi connectivity index (χ2v) is 4.08. The number of nitrogens with two attached hydrogens (primary N) is 1. The van der Waals surface area contributed by atoms with Crippen molar-refractivity contribution < 1.29 is 4.39 Å². The van der Waals surface area contributed by atoms with Gasteiger partial charge in [-0.05, 0) is 6.42 Å². The van der Waals surface area contributed by atoms with Gasteiger partial charge < -0.3 is 10.3 Å². The third-order valence-electron chi connectivity index (χ3n) is 2.75. The van der Waals surface area contributed by atoms with Crippen LogP contribution in [0.5, 0.6) is 0 Å². The zero-order valence-corrected chi connectivity index (χ0v) is 8.41. The predicted molar refractivity (Wildman–Crippen MR) is 52.5 cm³/mol. The van der Waals surface area contributed by atoms with Crippen LogP contribution in [0.4, 0.5) is 4.39 Å². The fraction of sp³-hybridized carbons (Fsp3) is 0.700. The lowest BCUT2D eigenvalue weighted by Crippen LogP contribution is -2.47. The van der Waals surface area contributed by atoms with E-state index in [9.17, 15) is 4.39 Å². The molecule has 1 saturated carbocycles. The molecule has 0 saturated heterocycles. The molecule has 0 spiro atoms. The van der Waals surface area contributed by atoms with E-state index < -0.39 is 5.67 Å². The molecule has 0 unspecified atom stereocenters. The molecule has 1 aromatic heterocycles. The minimum atomic E-state index is -1.27. The standard InChI is InChI=1S/C10H16FN3/c1-2-4-14-5-3-13-9(14)10(11)6-8(12)7-10/h3,5,8H,2,4,6-7,12H2,1H3. The molecule has 3 nitrogen and oxygen atoms in total. The summed E-state index contributed by atoms with van der Waals surface area (Å²) in [4.78, 5) is 4.10. The first-order valence-electron chi connectivity index (χ1n) is 5.12. The lowest BCUT2D eigenvalue weighted by Gasteiger charge is -2.38. The molecule has 78 valence electrons. The van der Waals surface area contributed by atoms with Crippen LogP contribution in [0.1, 0.15) is 32.0 Å². The normalized spacial score (nSPS) is 31.5. The number of hydrogen-bond acceptors (Lipinski definition) is 2. The molecule has 1 fully saturated rings. The van der Waals surface area contributed by atoms with Gasteiger partial charge in [0.25, 0.3) is 0 Å². The van der Waals surface area contributed by atoms with Crippen molar-refractivity contribution in [2.75, 3.05) is 0 Å². The monoisotopic (exact) mass is 197 g/mol. The van der Waals surface area contributed by atoms with E-state index in [-0.39, 0.29) is 6.04 Å². The molecule has 0 amide bonds. The SMILES string of the molecule is CCCn1ccnc1C1(F)CC(N)C1. The van der Waals surface area contributed by atoms with Crippen LogP contribution in [0.3, 0.4) is 0 Å². The van der Waals surface area contributed by atoms with E-state index in [4.69, 9.17) is 5.73 Å². The van der Waals surface area contributed by atoms with Crippen molar-refractivity contribution in [3.05, 3.63) is 18.2 Å². The zero-order valence-electron chi connectivity index (χ0n) is 8.41. The van der Waals surface area contributed by atoms with E-state index in [1.807, 2.05) is 10.8 Å². The third kappa shape index (κ3) is 1.43. The van der Waals surface area contributed by atoms with E-state index in [2.05, 4.69) is 11.9 Å². The average Bonchev–Trinajstić information content (AvgIpc) is 2.51. The van der Waals surface area contributed by atoms with E-state index in [1.165, 1.54) is 0 Å². The number of aromatic nitrogens is 2. The van der Waals surface area contributed by atoms with Crippen LogP contribution >= 0.6 is 0 Å². The first-order valence-corrected chi connectivity index (χ1v) is 5.12. The molecule has 2 rings (SSSR count). The van der Waals surface area contributed by atoms with E-state index in [0.717, 1.165) is 13.0 Å². The molecule has 0 atom stereocenters. The number of rotatable bonds is 3. The van der Waals surface area contributed by atoms with Crippen LogP contribution in [0.2, 0.25) is 0 Å². The van der Waals surface area contributed by atoms with E-state index >= 15 is 0 Å². The van der Waals surface area contributed by atoms with Crippen LogP contribution in [-0.2, 0) is 12.2 Å². The summed E-state index contributed by atoms with van der Waals surface area (Å²) in [5, 5.41) is 0. The summed E-state index contributed by atoms with van der Waals surface area (Å²) in [6.45, 7) is 2.90. The van der Waals surface area contributed by atoms with Crippen molar-refractivity contribution in [2.24, 2.45) is 5.73 Å². The van der Waals surface area contributed by atoms with Gasteiger partial charge in [0.2, 0.25) is 0 Å². The maximum Gasteiger partial charge on any atom is 0.171 e.